The van der Waals surface area contributed by atoms with Crippen LogP contribution in [0.3, 0.4) is 0 Å². The van der Waals surface area contributed by atoms with Gasteiger partial charge < -0.3 is 20.8 Å². The Hall–Kier alpha value is -2.64. The Bertz CT molecular complexity index is 893. The topological polar surface area (TPSA) is 76.9 Å². The minimum Gasteiger partial charge on any atom is -0.505 e. The first-order chi connectivity index (χ1) is 12.6. The second-order valence-electron chi connectivity index (χ2n) is 5.79. The summed E-state index contributed by atoms with van der Waals surface area (Å²) in [5.41, 5.74) is 0.674. The maximum Gasteiger partial charge on any atom is 0.191 e. The molecule has 0 bridgehead atoms. The molecule has 1 aromatic heterocycles. The molecule has 0 aliphatic rings. The van der Waals surface area contributed by atoms with E-state index in [1.54, 1.807) is 24.5 Å². The maximum atomic E-state index is 13.4. The molecule has 1 unspecified atom stereocenters. The molecule has 0 fully saturated rings. The Balaban J connectivity index is 1.55. The molecule has 0 saturated carbocycles. The number of aliphatic imine (C=N–C) groups is 1. The Morgan fingerprint density at radius 1 is 1.19 bits per heavy atom. The highest BCUT2D eigenvalue weighted by molar-refractivity contribution is 7.19. The summed E-state index contributed by atoms with van der Waals surface area (Å²) in [4.78, 5) is 4.98. The van der Waals surface area contributed by atoms with Crippen molar-refractivity contribution in [3.8, 4) is 5.75 Å². The van der Waals surface area contributed by atoms with Crippen molar-refractivity contribution in [2.24, 2.45) is 4.99 Å². The zero-order valence-corrected chi connectivity index (χ0v) is 15.1. The third-order valence-corrected chi connectivity index (χ3v) is 5.15. The monoisotopic (exact) mass is 373 g/mol. The molecule has 0 aliphatic carbocycles. The molecule has 3 rings (SSSR count). The summed E-state index contributed by atoms with van der Waals surface area (Å²) in [7, 11) is 1.62. The van der Waals surface area contributed by atoms with E-state index in [4.69, 9.17) is 0 Å². The fourth-order valence-electron chi connectivity index (χ4n) is 2.53. The zero-order chi connectivity index (χ0) is 18.5. The first kappa shape index (κ1) is 18.2. The van der Waals surface area contributed by atoms with Crippen LogP contribution in [0.25, 0.3) is 10.1 Å². The van der Waals surface area contributed by atoms with E-state index in [1.165, 1.54) is 12.1 Å². The van der Waals surface area contributed by atoms with Crippen molar-refractivity contribution in [2.75, 3.05) is 13.6 Å². The fraction of sp³-hybridized carbons (Fsp3) is 0.211. The average molecular weight is 373 g/mol. The number of fused-ring (bicyclic) bond motifs is 1. The van der Waals surface area contributed by atoms with Gasteiger partial charge in [-0.3, -0.25) is 4.99 Å². The normalized spacial score (nSPS) is 13.0. The van der Waals surface area contributed by atoms with Crippen LogP contribution in [0.2, 0.25) is 0 Å². The number of nitrogens with one attached hydrogen (secondary N) is 2. The van der Waals surface area contributed by atoms with Crippen molar-refractivity contribution in [3.63, 3.8) is 0 Å². The molecular formula is C19H20FN3O2S. The van der Waals surface area contributed by atoms with Gasteiger partial charge in [0.05, 0.1) is 0 Å². The smallest absolute Gasteiger partial charge is 0.191 e. The van der Waals surface area contributed by atoms with Gasteiger partial charge in [-0.15, -0.1) is 11.3 Å². The molecule has 5 nitrogen and oxygen atoms in total. The van der Waals surface area contributed by atoms with E-state index >= 15 is 0 Å². The van der Waals surface area contributed by atoms with Gasteiger partial charge in [-0.05, 0) is 35.2 Å². The Labute approximate surface area is 154 Å². The first-order valence-electron chi connectivity index (χ1n) is 8.15. The third-order valence-electron chi connectivity index (χ3n) is 3.93. The lowest BCUT2D eigenvalue weighted by molar-refractivity contribution is 0.184. The van der Waals surface area contributed by atoms with Gasteiger partial charge in [-0.1, -0.05) is 24.3 Å². The van der Waals surface area contributed by atoms with Crippen molar-refractivity contribution >= 4 is 27.4 Å². The number of aliphatic hydroxyl groups is 1. The number of hydrogen-bond acceptors (Lipinski definition) is 4. The van der Waals surface area contributed by atoms with E-state index in [1.807, 2.05) is 30.3 Å². The summed E-state index contributed by atoms with van der Waals surface area (Å²) in [5, 5.41) is 26.8. The van der Waals surface area contributed by atoms with Crippen LogP contribution in [0.15, 0.2) is 53.5 Å². The molecule has 0 saturated heterocycles. The van der Waals surface area contributed by atoms with Crippen LogP contribution in [0, 0.1) is 5.82 Å². The molecule has 1 heterocycles. The van der Waals surface area contributed by atoms with Gasteiger partial charge in [0.2, 0.25) is 0 Å². The quantitative estimate of drug-likeness (QED) is 0.409. The second kappa shape index (κ2) is 8.16. The van der Waals surface area contributed by atoms with Crippen molar-refractivity contribution in [2.45, 2.75) is 12.6 Å². The number of benzene rings is 2. The predicted octanol–water partition coefficient (Wildman–Crippen LogP) is 3.14. The van der Waals surface area contributed by atoms with Crippen LogP contribution in [-0.4, -0.2) is 29.8 Å². The lowest BCUT2D eigenvalue weighted by Gasteiger charge is -2.14. The van der Waals surface area contributed by atoms with E-state index in [0.29, 0.717) is 24.6 Å². The number of aliphatic hydroxyl groups excluding tert-OH is 1. The average Bonchev–Trinajstić information content (AvgIpc) is 3.08. The van der Waals surface area contributed by atoms with Gasteiger partial charge in [0.25, 0.3) is 0 Å². The maximum absolute atomic E-state index is 13.4. The van der Waals surface area contributed by atoms with Crippen molar-refractivity contribution in [1.82, 2.24) is 10.6 Å². The van der Waals surface area contributed by atoms with Gasteiger partial charge in [-0.2, -0.15) is 0 Å². The minimum atomic E-state index is -0.660. The van der Waals surface area contributed by atoms with E-state index < -0.39 is 11.9 Å². The Kier molecular flexibility index (Phi) is 5.70. The number of phenolic OH excluding ortho intramolecular Hbond substituents is 1. The lowest BCUT2D eigenvalue weighted by atomic mass is 10.2. The van der Waals surface area contributed by atoms with Gasteiger partial charge >= 0.3 is 0 Å². The van der Waals surface area contributed by atoms with E-state index in [9.17, 15) is 14.6 Å². The number of thiophene rings is 1. The van der Waals surface area contributed by atoms with Crippen molar-refractivity contribution < 1.29 is 14.6 Å². The summed E-state index contributed by atoms with van der Waals surface area (Å²) in [6.07, 6.45) is -0.655. The van der Waals surface area contributed by atoms with Gasteiger partial charge in [-0.25, -0.2) is 4.39 Å². The lowest BCUT2D eigenvalue weighted by Crippen LogP contribution is -2.38. The molecule has 0 spiro atoms. The molecule has 0 aliphatic heterocycles. The molecule has 2 aromatic carbocycles. The molecule has 136 valence electrons. The number of rotatable bonds is 5. The third kappa shape index (κ3) is 4.30. The van der Waals surface area contributed by atoms with Crippen LogP contribution in [0.4, 0.5) is 4.39 Å². The van der Waals surface area contributed by atoms with Gasteiger partial charge in [0, 0.05) is 29.7 Å². The molecule has 0 amide bonds. The Morgan fingerprint density at radius 3 is 2.73 bits per heavy atom. The van der Waals surface area contributed by atoms with Crippen molar-refractivity contribution in [3.05, 3.63) is 64.8 Å². The van der Waals surface area contributed by atoms with Crippen LogP contribution in [0.1, 0.15) is 16.5 Å². The summed E-state index contributed by atoms with van der Waals surface area (Å²) in [6.45, 7) is 0.645. The molecule has 1 atom stereocenters. The second-order valence-corrected chi connectivity index (χ2v) is 6.91. The van der Waals surface area contributed by atoms with Crippen molar-refractivity contribution in [1.29, 1.82) is 0 Å². The molecule has 4 N–H and O–H groups in total. The Morgan fingerprint density at radius 2 is 2.00 bits per heavy atom. The number of nitrogens with zero attached hydrogens (tertiary/aromatic N) is 1. The zero-order valence-electron chi connectivity index (χ0n) is 14.2. The van der Waals surface area contributed by atoms with Crippen LogP contribution in [-0.2, 0) is 6.54 Å². The predicted molar refractivity (Wildman–Crippen MR) is 103 cm³/mol. The molecule has 26 heavy (non-hydrogen) atoms. The largest absolute Gasteiger partial charge is 0.505 e. The fourth-order valence-corrected chi connectivity index (χ4v) is 3.58. The summed E-state index contributed by atoms with van der Waals surface area (Å²) >= 11 is 1.56. The molecule has 7 heteroatoms. The molecule has 0 radical (unpaired) electrons. The number of hydrogen-bond donors (Lipinski definition) is 4. The van der Waals surface area contributed by atoms with E-state index in [2.05, 4.69) is 15.6 Å². The standard InChI is InChI=1S/C19H20FN3O2S/c1-21-19(22-10-12-6-7-15(24)14(20)8-12)23-11-16(25)18-9-13-4-2-3-5-17(13)26-18/h2-9,16,24-25H,10-11H2,1H3,(H2,21,22,23). The summed E-state index contributed by atoms with van der Waals surface area (Å²) in [6, 6.07) is 14.2. The highest BCUT2D eigenvalue weighted by Gasteiger charge is 2.12. The number of aromatic hydroxyl groups is 1. The van der Waals surface area contributed by atoms with Crippen LogP contribution >= 0.6 is 11.3 Å². The molecule has 3 aromatic rings. The highest BCUT2D eigenvalue weighted by Crippen LogP contribution is 2.29. The first-order valence-corrected chi connectivity index (χ1v) is 8.97. The van der Waals surface area contributed by atoms with E-state index in [-0.39, 0.29) is 5.75 Å². The minimum absolute atomic E-state index is 0.302. The molecular weight excluding hydrogens is 353 g/mol. The highest BCUT2D eigenvalue weighted by atomic mass is 32.1. The van der Waals surface area contributed by atoms with E-state index in [0.717, 1.165) is 15.0 Å². The van der Waals surface area contributed by atoms with Gasteiger partial charge in [0.15, 0.2) is 17.5 Å². The van der Waals surface area contributed by atoms with Gasteiger partial charge in [0.1, 0.15) is 6.10 Å². The van der Waals surface area contributed by atoms with Crippen LogP contribution in [0.5, 0.6) is 5.75 Å². The summed E-state index contributed by atoms with van der Waals surface area (Å²) < 4.78 is 14.5. The van der Waals surface area contributed by atoms with Crippen LogP contribution < -0.4 is 10.6 Å². The number of halogens is 1. The number of guanidine groups is 1. The summed E-state index contributed by atoms with van der Waals surface area (Å²) in [5.74, 6) is -0.534. The SMILES string of the molecule is CN=C(NCc1ccc(O)c(F)c1)NCC(O)c1cc2ccccc2s1. The number of phenols is 1.